The van der Waals surface area contributed by atoms with Gasteiger partial charge in [-0.3, -0.25) is 5.10 Å². The Bertz CT molecular complexity index is 422. The molecule has 68 valence electrons. The first kappa shape index (κ1) is 8.04. The van der Waals surface area contributed by atoms with Gasteiger partial charge in [0.2, 0.25) is 0 Å². The predicted molar refractivity (Wildman–Crippen MR) is 49.8 cm³/mol. The minimum absolute atomic E-state index is 0.658. The largest absolute Gasteiger partial charge is 0.493 e. The minimum Gasteiger partial charge on any atom is -0.493 e. The second kappa shape index (κ2) is 3.05. The first-order valence-electron chi connectivity index (χ1n) is 4.24. The summed E-state index contributed by atoms with van der Waals surface area (Å²) in [4.78, 5) is 4.19. The molecule has 2 aromatic heterocycles. The van der Waals surface area contributed by atoms with E-state index >= 15 is 0 Å². The van der Waals surface area contributed by atoms with Crippen LogP contribution in [0.25, 0.3) is 11.0 Å². The Morgan fingerprint density at radius 2 is 2.31 bits per heavy atom. The van der Waals surface area contributed by atoms with E-state index in [1.165, 1.54) is 0 Å². The molecule has 1 N–H and O–H groups in total. The summed E-state index contributed by atoms with van der Waals surface area (Å²) in [6.45, 7) is 4.60. The lowest BCUT2D eigenvalue weighted by Gasteiger charge is -2.06. The van der Waals surface area contributed by atoms with Crippen LogP contribution in [0.15, 0.2) is 12.4 Å². The number of ether oxygens (including phenoxy) is 1. The molecule has 0 fully saturated rings. The van der Waals surface area contributed by atoms with Gasteiger partial charge >= 0.3 is 0 Å². The SMILES string of the molecule is CCOc1c(C)cnc2[nH]ncc12. The lowest BCUT2D eigenvalue weighted by Crippen LogP contribution is -1.95. The van der Waals surface area contributed by atoms with Crippen molar-refractivity contribution in [1.29, 1.82) is 0 Å². The van der Waals surface area contributed by atoms with Crippen LogP contribution in [0.4, 0.5) is 0 Å². The zero-order chi connectivity index (χ0) is 9.26. The van der Waals surface area contributed by atoms with E-state index in [0.717, 1.165) is 22.3 Å². The van der Waals surface area contributed by atoms with E-state index in [-0.39, 0.29) is 0 Å². The molecule has 0 radical (unpaired) electrons. The van der Waals surface area contributed by atoms with Crippen LogP contribution in [0.5, 0.6) is 5.75 Å². The minimum atomic E-state index is 0.658. The molecule has 0 aliphatic rings. The Morgan fingerprint density at radius 1 is 1.46 bits per heavy atom. The molecular formula is C9H11N3O. The maximum Gasteiger partial charge on any atom is 0.158 e. The Kier molecular flexibility index (Phi) is 1.88. The van der Waals surface area contributed by atoms with E-state index < -0.39 is 0 Å². The lowest BCUT2D eigenvalue weighted by molar-refractivity contribution is 0.342. The monoisotopic (exact) mass is 177 g/mol. The molecule has 0 aliphatic carbocycles. The fourth-order valence-electron chi connectivity index (χ4n) is 1.31. The summed E-state index contributed by atoms with van der Waals surface area (Å²) in [5.41, 5.74) is 1.81. The smallest absolute Gasteiger partial charge is 0.158 e. The van der Waals surface area contributed by atoms with Gasteiger partial charge in [0, 0.05) is 11.8 Å². The van der Waals surface area contributed by atoms with Crippen molar-refractivity contribution in [1.82, 2.24) is 15.2 Å². The Labute approximate surface area is 75.9 Å². The summed E-state index contributed by atoms with van der Waals surface area (Å²) in [5, 5.41) is 7.67. The van der Waals surface area contributed by atoms with Gasteiger partial charge < -0.3 is 4.74 Å². The van der Waals surface area contributed by atoms with Crippen molar-refractivity contribution >= 4 is 11.0 Å². The Morgan fingerprint density at radius 3 is 3.08 bits per heavy atom. The number of aryl methyl sites for hydroxylation is 1. The highest BCUT2D eigenvalue weighted by atomic mass is 16.5. The van der Waals surface area contributed by atoms with Crippen LogP contribution in [0.3, 0.4) is 0 Å². The van der Waals surface area contributed by atoms with Gasteiger partial charge in [-0.2, -0.15) is 5.10 Å². The quantitative estimate of drug-likeness (QED) is 0.759. The summed E-state index contributed by atoms with van der Waals surface area (Å²) in [6, 6.07) is 0. The van der Waals surface area contributed by atoms with Gasteiger partial charge in [0.15, 0.2) is 5.65 Å². The van der Waals surface area contributed by atoms with Crippen LogP contribution in [-0.4, -0.2) is 21.8 Å². The molecule has 0 unspecified atom stereocenters. The average Bonchev–Trinajstić information content (AvgIpc) is 2.58. The number of nitrogens with one attached hydrogen (secondary N) is 1. The Hall–Kier alpha value is -1.58. The third-order valence-electron chi connectivity index (χ3n) is 1.90. The number of hydrogen-bond donors (Lipinski definition) is 1. The zero-order valence-electron chi connectivity index (χ0n) is 7.66. The number of hydrogen-bond acceptors (Lipinski definition) is 3. The van der Waals surface area contributed by atoms with Gasteiger partial charge in [0.1, 0.15) is 5.75 Å². The molecule has 2 heterocycles. The van der Waals surface area contributed by atoms with E-state index in [9.17, 15) is 0 Å². The molecule has 2 rings (SSSR count). The highest BCUT2D eigenvalue weighted by molar-refractivity contribution is 5.82. The second-order valence-corrected chi connectivity index (χ2v) is 2.84. The molecule has 0 spiro atoms. The van der Waals surface area contributed by atoms with Crippen molar-refractivity contribution in [3.05, 3.63) is 18.0 Å². The molecule has 4 nitrogen and oxygen atoms in total. The number of H-pyrrole nitrogens is 1. The topological polar surface area (TPSA) is 50.8 Å². The van der Waals surface area contributed by atoms with Gasteiger partial charge in [0.25, 0.3) is 0 Å². The molecule has 0 saturated heterocycles. The van der Waals surface area contributed by atoms with Gasteiger partial charge in [0.05, 0.1) is 18.2 Å². The molecule has 0 atom stereocenters. The van der Waals surface area contributed by atoms with Gasteiger partial charge in [-0.25, -0.2) is 4.98 Å². The van der Waals surface area contributed by atoms with E-state index in [1.54, 1.807) is 12.4 Å². The van der Waals surface area contributed by atoms with Crippen molar-refractivity contribution in [3.63, 3.8) is 0 Å². The lowest BCUT2D eigenvalue weighted by atomic mass is 10.2. The molecule has 0 amide bonds. The van der Waals surface area contributed by atoms with Crippen LogP contribution in [0, 0.1) is 6.92 Å². The van der Waals surface area contributed by atoms with Crippen LogP contribution in [0.2, 0.25) is 0 Å². The highest BCUT2D eigenvalue weighted by Crippen LogP contribution is 2.25. The normalized spacial score (nSPS) is 10.6. The van der Waals surface area contributed by atoms with Crippen LogP contribution >= 0.6 is 0 Å². The number of pyridine rings is 1. The van der Waals surface area contributed by atoms with Crippen molar-refractivity contribution in [2.45, 2.75) is 13.8 Å². The molecule has 0 bridgehead atoms. The Balaban J connectivity index is 2.66. The van der Waals surface area contributed by atoms with Crippen LogP contribution < -0.4 is 4.74 Å². The van der Waals surface area contributed by atoms with Crippen molar-refractivity contribution < 1.29 is 4.74 Å². The number of aromatic amines is 1. The van der Waals surface area contributed by atoms with Gasteiger partial charge in [-0.1, -0.05) is 0 Å². The van der Waals surface area contributed by atoms with Crippen molar-refractivity contribution in [2.75, 3.05) is 6.61 Å². The number of nitrogens with zero attached hydrogens (tertiary/aromatic N) is 2. The standard InChI is InChI=1S/C9H11N3O/c1-3-13-8-6(2)4-10-9-7(8)5-11-12-9/h4-5H,3H2,1-2H3,(H,10,11,12). The second-order valence-electron chi connectivity index (χ2n) is 2.84. The first-order chi connectivity index (χ1) is 6.33. The maximum atomic E-state index is 5.51. The van der Waals surface area contributed by atoms with Crippen LogP contribution in [0.1, 0.15) is 12.5 Å². The molecule has 0 aliphatic heterocycles. The van der Waals surface area contributed by atoms with E-state index in [4.69, 9.17) is 4.74 Å². The van der Waals surface area contributed by atoms with E-state index in [2.05, 4.69) is 15.2 Å². The number of fused-ring (bicyclic) bond motifs is 1. The number of rotatable bonds is 2. The zero-order valence-corrected chi connectivity index (χ0v) is 7.66. The van der Waals surface area contributed by atoms with E-state index in [1.807, 2.05) is 13.8 Å². The van der Waals surface area contributed by atoms with Gasteiger partial charge in [-0.05, 0) is 13.8 Å². The van der Waals surface area contributed by atoms with Crippen molar-refractivity contribution in [3.8, 4) is 5.75 Å². The van der Waals surface area contributed by atoms with E-state index in [0.29, 0.717) is 6.61 Å². The average molecular weight is 177 g/mol. The van der Waals surface area contributed by atoms with Gasteiger partial charge in [-0.15, -0.1) is 0 Å². The molecule has 2 aromatic rings. The third kappa shape index (κ3) is 1.24. The summed E-state index contributed by atoms with van der Waals surface area (Å²) in [7, 11) is 0. The fourth-order valence-corrected chi connectivity index (χ4v) is 1.31. The summed E-state index contributed by atoms with van der Waals surface area (Å²) in [6.07, 6.45) is 3.52. The highest BCUT2D eigenvalue weighted by Gasteiger charge is 2.07. The molecule has 0 aromatic carbocycles. The first-order valence-corrected chi connectivity index (χ1v) is 4.24. The predicted octanol–water partition coefficient (Wildman–Crippen LogP) is 1.67. The number of aromatic nitrogens is 3. The summed E-state index contributed by atoms with van der Waals surface area (Å²) in [5.74, 6) is 0.876. The molecular weight excluding hydrogens is 166 g/mol. The maximum absolute atomic E-state index is 5.51. The molecule has 13 heavy (non-hydrogen) atoms. The fraction of sp³-hybridized carbons (Fsp3) is 0.333. The molecule has 4 heteroatoms. The van der Waals surface area contributed by atoms with Crippen molar-refractivity contribution in [2.24, 2.45) is 0 Å². The third-order valence-corrected chi connectivity index (χ3v) is 1.90. The van der Waals surface area contributed by atoms with Crippen LogP contribution in [-0.2, 0) is 0 Å². The summed E-state index contributed by atoms with van der Waals surface area (Å²) < 4.78 is 5.51. The molecule has 0 saturated carbocycles. The summed E-state index contributed by atoms with van der Waals surface area (Å²) >= 11 is 0.